The summed E-state index contributed by atoms with van der Waals surface area (Å²) in [5.41, 5.74) is 3.55. The summed E-state index contributed by atoms with van der Waals surface area (Å²) in [7, 11) is 0. The maximum atomic E-state index is 12.1. The Morgan fingerprint density at radius 2 is 1.80 bits per heavy atom. The van der Waals surface area contributed by atoms with Crippen LogP contribution in [-0.4, -0.2) is 15.0 Å². The lowest BCUT2D eigenvalue weighted by Gasteiger charge is -2.09. The molecule has 0 unspecified atom stereocenters. The summed E-state index contributed by atoms with van der Waals surface area (Å²) < 4.78 is 0.683. The van der Waals surface area contributed by atoms with Crippen molar-refractivity contribution in [2.75, 3.05) is 0 Å². The van der Waals surface area contributed by atoms with Crippen LogP contribution in [0.1, 0.15) is 30.9 Å². The van der Waals surface area contributed by atoms with Gasteiger partial charge in [-0.3, -0.25) is 9.78 Å². The van der Waals surface area contributed by atoms with Crippen molar-refractivity contribution in [1.29, 1.82) is 0 Å². The highest BCUT2D eigenvalue weighted by Crippen LogP contribution is 2.18. The topological polar surface area (TPSA) is 58.6 Å². The van der Waals surface area contributed by atoms with Gasteiger partial charge in [-0.05, 0) is 60.9 Å². The lowest BCUT2D eigenvalue weighted by Crippen LogP contribution is -2.17. The number of pyridine rings is 1. The molecule has 0 radical (unpaired) electrons. The highest BCUT2D eigenvalue weighted by atomic mass is 127. The van der Waals surface area contributed by atoms with E-state index in [1.165, 1.54) is 0 Å². The van der Waals surface area contributed by atoms with Gasteiger partial charge in [0, 0.05) is 17.0 Å². The molecule has 2 aromatic heterocycles. The first-order chi connectivity index (χ1) is 9.36. The van der Waals surface area contributed by atoms with Gasteiger partial charge >= 0.3 is 0 Å². The zero-order valence-corrected chi connectivity index (χ0v) is 14.3. The van der Waals surface area contributed by atoms with Crippen LogP contribution in [0.4, 0.5) is 0 Å². The zero-order chi connectivity index (χ0) is 14.9. The largest absolute Gasteiger partial charge is 0.306 e. The molecule has 2 aromatic rings. The van der Waals surface area contributed by atoms with Gasteiger partial charge in [0.2, 0.25) is 0 Å². The molecule has 0 aliphatic heterocycles. The van der Waals surface area contributed by atoms with Crippen LogP contribution in [0.5, 0.6) is 0 Å². The summed E-state index contributed by atoms with van der Waals surface area (Å²) in [6.45, 7) is 8.13. The zero-order valence-electron chi connectivity index (χ0n) is 12.1. The molecule has 2 rings (SSSR count). The molecule has 0 amide bonds. The Labute approximate surface area is 132 Å². The van der Waals surface area contributed by atoms with E-state index >= 15 is 0 Å². The fourth-order valence-electron chi connectivity index (χ4n) is 2.14. The number of hydrogen-bond donors (Lipinski definition) is 1. The summed E-state index contributed by atoms with van der Waals surface area (Å²) in [5.74, 6) is 1.09. The van der Waals surface area contributed by atoms with Crippen molar-refractivity contribution in [1.82, 2.24) is 15.0 Å². The smallest absolute Gasteiger partial charge is 0.264 e. The van der Waals surface area contributed by atoms with E-state index in [0.717, 1.165) is 29.1 Å². The summed E-state index contributed by atoms with van der Waals surface area (Å²) in [5, 5.41) is 0. The predicted molar refractivity (Wildman–Crippen MR) is 88.8 cm³/mol. The first-order valence-electron chi connectivity index (χ1n) is 6.61. The fraction of sp³-hybridized carbons (Fsp3) is 0.400. The van der Waals surface area contributed by atoms with E-state index in [-0.39, 0.29) is 5.56 Å². The van der Waals surface area contributed by atoms with Crippen LogP contribution < -0.4 is 5.56 Å². The summed E-state index contributed by atoms with van der Waals surface area (Å²) >= 11 is 2.07. The molecule has 20 heavy (non-hydrogen) atoms. The van der Waals surface area contributed by atoms with Crippen LogP contribution in [-0.2, 0) is 6.42 Å². The van der Waals surface area contributed by atoms with Crippen molar-refractivity contribution in [3.8, 4) is 11.4 Å². The highest BCUT2D eigenvalue weighted by molar-refractivity contribution is 14.1. The Morgan fingerprint density at radius 3 is 2.35 bits per heavy atom. The summed E-state index contributed by atoms with van der Waals surface area (Å²) in [6, 6.07) is 3.88. The molecular formula is C15H18IN3O. The fourth-order valence-corrected chi connectivity index (χ4v) is 2.61. The number of nitrogens with zero attached hydrogens (tertiary/aromatic N) is 2. The van der Waals surface area contributed by atoms with Crippen LogP contribution in [0.2, 0.25) is 0 Å². The number of hydrogen-bond acceptors (Lipinski definition) is 3. The summed E-state index contributed by atoms with van der Waals surface area (Å²) in [4.78, 5) is 23.9. The molecular weight excluding hydrogens is 365 g/mol. The van der Waals surface area contributed by atoms with E-state index in [0.29, 0.717) is 15.3 Å². The van der Waals surface area contributed by atoms with E-state index in [1.807, 2.05) is 26.0 Å². The van der Waals surface area contributed by atoms with Crippen LogP contribution in [0.25, 0.3) is 11.4 Å². The predicted octanol–water partition coefficient (Wildman–Crippen LogP) is 3.25. The van der Waals surface area contributed by atoms with Crippen molar-refractivity contribution in [2.24, 2.45) is 5.92 Å². The Morgan fingerprint density at radius 1 is 1.20 bits per heavy atom. The number of nitrogens with one attached hydrogen (secondary N) is 1. The third-order valence-electron chi connectivity index (χ3n) is 2.89. The molecule has 2 heterocycles. The Hall–Kier alpha value is -1.24. The van der Waals surface area contributed by atoms with Crippen LogP contribution in [0.15, 0.2) is 16.9 Å². The molecule has 5 heteroatoms. The minimum absolute atomic E-state index is 0.0710. The van der Waals surface area contributed by atoms with Crippen LogP contribution in [0, 0.1) is 23.3 Å². The van der Waals surface area contributed by atoms with Crippen LogP contribution in [0.3, 0.4) is 0 Å². The maximum absolute atomic E-state index is 12.1. The number of rotatable bonds is 3. The first-order valence-corrected chi connectivity index (χ1v) is 7.69. The van der Waals surface area contributed by atoms with Crippen molar-refractivity contribution in [3.05, 3.63) is 43.1 Å². The molecule has 106 valence electrons. The van der Waals surface area contributed by atoms with E-state index in [4.69, 9.17) is 0 Å². The van der Waals surface area contributed by atoms with E-state index < -0.39 is 0 Å². The first kappa shape index (κ1) is 15.2. The minimum Gasteiger partial charge on any atom is -0.306 e. The van der Waals surface area contributed by atoms with Gasteiger partial charge in [-0.15, -0.1) is 0 Å². The third kappa shape index (κ3) is 3.45. The molecule has 0 saturated carbocycles. The SMILES string of the molecule is Cc1cc(-c2nc(CC(C)C)c(I)c(=O)[nH]2)cc(C)n1. The molecule has 0 fully saturated rings. The second kappa shape index (κ2) is 6.03. The van der Waals surface area contributed by atoms with Gasteiger partial charge in [-0.1, -0.05) is 13.8 Å². The standard InChI is InChI=1S/C15H18IN3O/c1-8(2)5-12-13(16)15(20)19-14(18-12)11-6-9(3)17-10(4)7-11/h6-8H,5H2,1-4H3,(H,18,19,20). The highest BCUT2D eigenvalue weighted by Gasteiger charge is 2.12. The quantitative estimate of drug-likeness (QED) is 0.828. The lowest BCUT2D eigenvalue weighted by molar-refractivity contribution is 0.631. The van der Waals surface area contributed by atoms with Gasteiger partial charge in [0.25, 0.3) is 5.56 Å². The van der Waals surface area contributed by atoms with Gasteiger partial charge in [0.1, 0.15) is 5.82 Å². The van der Waals surface area contributed by atoms with Crippen molar-refractivity contribution >= 4 is 22.6 Å². The second-order valence-corrected chi connectivity index (χ2v) is 6.49. The Bertz CT molecular complexity index is 672. The van der Waals surface area contributed by atoms with E-state index in [9.17, 15) is 4.79 Å². The normalized spacial score (nSPS) is 11.1. The molecule has 0 spiro atoms. The Kier molecular flexibility index (Phi) is 4.57. The second-order valence-electron chi connectivity index (χ2n) is 5.41. The number of aryl methyl sites for hydroxylation is 2. The van der Waals surface area contributed by atoms with Gasteiger partial charge in [-0.2, -0.15) is 0 Å². The third-order valence-corrected chi connectivity index (χ3v) is 4.00. The monoisotopic (exact) mass is 383 g/mol. The maximum Gasteiger partial charge on any atom is 0.264 e. The summed E-state index contributed by atoms with van der Waals surface area (Å²) in [6.07, 6.45) is 0.804. The van der Waals surface area contributed by atoms with Crippen molar-refractivity contribution < 1.29 is 0 Å². The lowest BCUT2D eigenvalue weighted by atomic mass is 10.1. The van der Waals surface area contributed by atoms with Gasteiger partial charge < -0.3 is 4.98 Å². The average molecular weight is 383 g/mol. The molecule has 0 saturated heterocycles. The number of aromatic nitrogens is 3. The Balaban J connectivity index is 2.57. The van der Waals surface area contributed by atoms with E-state index in [2.05, 4.69) is 51.4 Å². The number of halogens is 1. The van der Waals surface area contributed by atoms with Crippen molar-refractivity contribution in [2.45, 2.75) is 34.1 Å². The van der Waals surface area contributed by atoms with E-state index in [1.54, 1.807) is 0 Å². The molecule has 0 aliphatic carbocycles. The molecule has 0 aliphatic rings. The molecule has 0 atom stereocenters. The van der Waals surface area contributed by atoms with Crippen LogP contribution >= 0.6 is 22.6 Å². The molecule has 4 nitrogen and oxygen atoms in total. The molecule has 0 bridgehead atoms. The minimum atomic E-state index is -0.0710. The molecule has 1 N–H and O–H groups in total. The number of H-pyrrole nitrogens is 1. The molecule has 0 aromatic carbocycles. The average Bonchev–Trinajstić information content (AvgIpc) is 2.32. The van der Waals surface area contributed by atoms with Gasteiger partial charge in [-0.25, -0.2) is 4.98 Å². The van der Waals surface area contributed by atoms with Gasteiger partial charge in [0.15, 0.2) is 0 Å². The number of aromatic amines is 1. The van der Waals surface area contributed by atoms with Gasteiger partial charge in [0.05, 0.1) is 9.26 Å². The van der Waals surface area contributed by atoms with Crippen molar-refractivity contribution in [3.63, 3.8) is 0 Å².